The summed E-state index contributed by atoms with van der Waals surface area (Å²) in [5, 5.41) is 19.6. The Morgan fingerprint density at radius 3 is 2.10 bits per heavy atom. The van der Waals surface area contributed by atoms with Crippen LogP contribution >= 0.6 is 0 Å². The number of aromatic amines is 1. The van der Waals surface area contributed by atoms with Crippen molar-refractivity contribution in [2.24, 2.45) is 0 Å². The molecule has 0 radical (unpaired) electrons. The summed E-state index contributed by atoms with van der Waals surface area (Å²) >= 11 is 0. The second-order valence-corrected chi connectivity index (χ2v) is 6.04. The molecule has 0 fully saturated rings. The van der Waals surface area contributed by atoms with E-state index in [0.29, 0.717) is 0 Å². The van der Waals surface area contributed by atoms with Crippen LogP contribution in [0.1, 0.15) is 11.1 Å². The van der Waals surface area contributed by atoms with Crippen LogP contribution in [0.3, 0.4) is 0 Å². The Balaban J connectivity index is 0.000000186. The lowest BCUT2D eigenvalue weighted by Gasteiger charge is -1.95. The fraction of sp³-hybridized carbons (Fsp3) is 0. The molecule has 1 aromatic heterocycles. The van der Waals surface area contributed by atoms with Crippen LogP contribution in [0.5, 0.6) is 5.75 Å². The number of aromatic nitrogens is 2. The molecule has 0 atom stereocenters. The van der Waals surface area contributed by atoms with E-state index in [2.05, 4.69) is 9.97 Å². The molecule has 1 heterocycles. The first-order chi connectivity index (χ1) is 14.0. The van der Waals surface area contributed by atoms with Crippen LogP contribution in [0.4, 0.5) is 5.69 Å². The molecule has 0 aliphatic carbocycles. The zero-order valence-electron chi connectivity index (χ0n) is 15.2. The van der Waals surface area contributed by atoms with E-state index in [4.69, 9.17) is 5.11 Å². The first-order valence-corrected chi connectivity index (χ1v) is 8.67. The van der Waals surface area contributed by atoms with Gasteiger partial charge in [0.2, 0.25) is 0 Å². The minimum Gasteiger partial charge on any atom is -0.508 e. The largest absolute Gasteiger partial charge is 0.508 e. The first-order valence-electron chi connectivity index (χ1n) is 8.67. The lowest BCUT2D eigenvalue weighted by atomic mass is 10.1. The number of rotatable bonds is 3. The smallest absolute Gasteiger partial charge is 0.269 e. The number of non-ortho nitro benzene ring substituents is 1. The van der Waals surface area contributed by atoms with Gasteiger partial charge >= 0.3 is 0 Å². The predicted octanol–water partition coefficient (Wildman–Crippen LogP) is 4.39. The normalized spacial score (nSPS) is 10.5. The molecular formula is C22H17N3O4. The lowest BCUT2D eigenvalue weighted by Crippen LogP contribution is -2.04. The molecule has 0 saturated heterocycles. The van der Waals surface area contributed by atoms with Crippen LogP contribution in [0.15, 0.2) is 83.8 Å². The lowest BCUT2D eigenvalue weighted by molar-refractivity contribution is -0.384. The molecule has 4 aromatic rings. The number of para-hydroxylation sites is 2. The highest BCUT2D eigenvalue weighted by atomic mass is 16.6. The zero-order valence-corrected chi connectivity index (χ0v) is 15.2. The van der Waals surface area contributed by atoms with E-state index >= 15 is 0 Å². The maximum absolute atomic E-state index is 10.8. The van der Waals surface area contributed by atoms with E-state index in [1.54, 1.807) is 36.4 Å². The Morgan fingerprint density at radius 2 is 1.48 bits per heavy atom. The van der Waals surface area contributed by atoms with Gasteiger partial charge in [-0.25, -0.2) is 4.98 Å². The predicted molar refractivity (Wildman–Crippen MR) is 112 cm³/mol. The van der Waals surface area contributed by atoms with Crippen molar-refractivity contribution in [2.45, 2.75) is 0 Å². The Kier molecular flexibility index (Phi) is 6.12. The van der Waals surface area contributed by atoms with Crippen molar-refractivity contribution in [3.63, 3.8) is 0 Å². The first kappa shape index (κ1) is 19.5. The number of nitro benzene ring substituents is 1. The number of H-pyrrole nitrogens is 1. The monoisotopic (exact) mass is 387 g/mol. The minimum absolute atomic E-state index is 0.0804. The molecule has 4 rings (SSSR count). The molecule has 0 bridgehead atoms. The molecule has 0 saturated carbocycles. The van der Waals surface area contributed by atoms with Crippen molar-refractivity contribution in [3.8, 4) is 5.75 Å². The van der Waals surface area contributed by atoms with Gasteiger partial charge in [-0.05, 0) is 47.5 Å². The molecule has 0 unspecified atom stereocenters. The zero-order chi connectivity index (χ0) is 20.6. The molecule has 0 spiro atoms. The van der Waals surface area contributed by atoms with Gasteiger partial charge in [0.25, 0.3) is 11.2 Å². The fourth-order valence-electron chi connectivity index (χ4n) is 2.47. The molecule has 0 amide bonds. The van der Waals surface area contributed by atoms with Crippen LogP contribution < -0.4 is 5.56 Å². The van der Waals surface area contributed by atoms with E-state index in [1.807, 2.05) is 36.4 Å². The third kappa shape index (κ3) is 5.61. The van der Waals surface area contributed by atoms with Crippen LogP contribution in [0.2, 0.25) is 0 Å². The SMILES string of the molecule is O=[N+]([O-])c1ccc(C=Cc2ccc(O)cc2)cc1.O=c1cnc2ccccc2[nH]1. The van der Waals surface area contributed by atoms with Crippen LogP contribution in [-0.2, 0) is 0 Å². The van der Waals surface area contributed by atoms with E-state index in [9.17, 15) is 14.9 Å². The topological polar surface area (TPSA) is 109 Å². The summed E-state index contributed by atoms with van der Waals surface area (Å²) in [5.74, 6) is 0.225. The number of phenols is 1. The highest BCUT2D eigenvalue weighted by molar-refractivity contribution is 5.73. The maximum Gasteiger partial charge on any atom is 0.269 e. The summed E-state index contributed by atoms with van der Waals surface area (Å²) in [6, 6.07) is 20.5. The number of hydrogen-bond acceptors (Lipinski definition) is 5. The van der Waals surface area contributed by atoms with Crippen molar-refractivity contribution in [3.05, 3.63) is 111 Å². The number of nitrogens with one attached hydrogen (secondary N) is 1. The number of benzene rings is 3. The molecule has 7 heteroatoms. The van der Waals surface area contributed by atoms with E-state index in [-0.39, 0.29) is 17.0 Å². The van der Waals surface area contributed by atoms with Gasteiger partial charge in [0.05, 0.1) is 22.2 Å². The highest BCUT2D eigenvalue weighted by Crippen LogP contribution is 2.15. The summed E-state index contributed by atoms with van der Waals surface area (Å²) in [7, 11) is 0. The Morgan fingerprint density at radius 1 is 0.897 bits per heavy atom. The van der Waals surface area contributed by atoms with Gasteiger partial charge in [-0.15, -0.1) is 0 Å². The van der Waals surface area contributed by atoms with Gasteiger partial charge in [0, 0.05) is 12.1 Å². The molecule has 2 N–H and O–H groups in total. The summed E-state index contributed by atoms with van der Waals surface area (Å²) in [4.78, 5) is 27.4. The molecule has 7 nitrogen and oxygen atoms in total. The van der Waals surface area contributed by atoms with Crippen molar-refractivity contribution < 1.29 is 10.0 Å². The molecule has 0 aliphatic rings. The molecule has 144 valence electrons. The van der Waals surface area contributed by atoms with Gasteiger partial charge in [-0.1, -0.05) is 36.4 Å². The highest BCUT2D eigenvalue weighted by Gasteiger charge is 2.02. The number of nitro groups is 1. The minimum atomic E-state index is -0.423. The van der Waals surface area contributed by atoms with E-state index in [0.717, 1.165) is 22.2 Å². The van der Waals surface area contributed by atoms with Gasteiger partial charge < -0.3 is 10.1 Å². The fourth-order valence-corrected chi connectivity index (χ4v) is 2.47. The summed E-state index contributed by atoms with van der Waals surface area (Å²) in [6.45, 7) is 0. The average molecular weight is 387 g/mol. The third-order valence-corrected chi connectivity index (χ3v) is 3.95. The third-order valence-electron chi connectivity index (χ3n) is 3.95. The Bertz CT molecular complexity index is 1200. The summed E-state index contributed by atoms with van der Waals surface area (Å²) in [6.07, 6.45) is 5.01. The standard InChI is InChI=1S/C14H11NO3.C8H6N2O/c16-14-9-5-12(6-10-14)2-1-11-3-7-13(8-4-11)15(17)18;11-8-5-9-6-3-1-2-4-7(6)10-8/h1-10,16H;1-5H,(H,10,11). The summed E-state index contributed by atoms with van der Waals surface area (Å²) in [5.41, 5.74) is 3.34. The van der Waals surface area contributed by atoms with Crippen molar-refractivity contribution in [1.29, 1.82) is 0 Å². The van der Waals surface area contributed by atoms with Gasteiger partial charge in [0.15, 0.2) is 0 Å². The van der Waals surface area contributed by atoms with Gasteiger partial charge in [0.1, 0.15) is 5.75 Å². The quantitative estimate of drug-likeness (QED) is 0.308. The maximum atomic E-state index is 10.8. The number of fused-ring (bicyclic) bond motifs is 1. The molecule has 29 heavy (non-hydrogen) atoms. The van der Waals surface area contributed by atoms with Crippen molar-refractivity contribution >= 4 is 28.9 Å². The number of nitrogens with zero attached hydrogens (tertiary/aromatic N) is 2. The van der Waals surface area contributed by atoms with E-state index in [1.165, 1.54) is 18.3 Å². The van der Waals surface area contributed by atoms with Crippen molar-refractivity contribution in [2.75, 3.05) is 0 Å². The second kappa shape index (κ2) is 9.09. The van der Waals surface area contributed by atoms with Gasteiger partial charge in [-0.2, -0.15) is 0 Å². The Labute approximate surface area is 165 Å². The Hall–Kier alpha value is -4.26. The number of hydrogen-bond donors (Lipinski definition) is 2. The molecular weight excluding hydrogens is 370 g/mol. The van der Waals surface area contributed by atoms with Crippen LogP contribution in [0.25, 0.3) is 23.2 Å². The molecule has 3 aromatic carbocycles. The molecule has 0 aliphatic heterocycles. The van der Waals surface area contributed by atoms with Crippen molar-refractivity contribution in [1.82, 2.24) is 9.97 Å². The van der Waals surface area contributed by atoms with Crippen LogP contribution in [0, 0.1) is 10.1 Å². The second-order valence-electron chi connectivity index (χ2n) is 6.04. The average Bonchev–Trinajstić information content (AvgIpc) is 2.74. The van der Waals surface area contributed by atoms with Crippen LogP contribution in [-0.4, -0.2) is 20.0 Å². The number of phenolic OH excluding ortho intramolecular Hbond substituents is 1. The summed E-state index contributed by atoms with van der Waals surface area (Å²) < 4.78 is 0. The number of aromatic hydroxyl groups is 1. The van der Waals surface area contributed by atoms with E-state index < -0.39 is 4.92 Å². The van der Waals surface area contributed by atoms with Gasteiger partial charge in [-0.3, -0.25) is 14.9 Å².